The lowest BCUT2D eigenvalue weighted by molar-refractivity contribution is 0.917. The van der Waals surface area contributed by atoms with E-state index in [4.69, 9.17) is 0 Å². The minimum atomic E-state index is 0.560. The van der Waals surface area contributed by atoms with Crippen molar-refractivity contribution in [3.63, 3.8) is 0 Å². The molecule has 2 unspecified atom stereocenters. The second-order valence-corrected chi connectivity index (χ2v) is 9.14. The van der Waals surface area contributed by atoms with Crippen LogP contribution in [0.15, 0.2) is 0 Å². The van der Waals surface area contributed by atoms with E-state index >= 15 is 0 Å². The van der Waals surface area contributed by atoms with E-state index < -0.39 is 0 Å². The summed E-state index contributed by atoms with van der Waals surface area (Å²) in [6, 6.07) is 0. The van der Waals surface area contributed by atoms with E-state index in [2.05, 4.69) is 39.1 Å². The maximum Gasteiger partial charge on any atom is 0.0115 e. The van der Waals surface area contributed by atoms with Gasteiger partial charge in [-0.1, -0.05) is 13.8 Å². The van der Waals surface area contributed by atoms with Gasteiger partial charge in [-0.3, -0.25) is 0 Å². The Labute approximate surface area is 131 Å². The van der Waals surface area contributed by atoms with E-state index in [9.17, 15) is 0 Å². The van der Waals surface area contributed by atoms with Crippen molar-refractivity contribution in [1.82, 2.24) is 0 Å². The van der Waals surface area contributed by atoms with Crippen molar-refractivity contribution in [2.24, 2.45) is 0 Å². The number of hydrogen-bond donors (Lipinski definition) is 2. The van der Waals surface area contributed by atoms with E-state index in [-0.39, 0.29) is 0 Å². The molecular weight excluding hydrogens is 304 g/mol. The highest BCUT2D eigenvalue weighted by atomic mass is 32.2. The van der Waals surface area contributed by atoms with Crippen LogP contribution < -0.4 is 0 Å². The molecule has 0 aromatic rings. The van der Waals surface area contributed by atoms with Gasteiger partial charge in [0.05, 0.1) is 0 Å². The van der Waals surface area contributed by atoms with Crippen LogP contribution in [0.4, 0.5) is 0 Å². The molecule has 0 aliphatic rings. The molecule has 0 aromatic carbocycles. The summed E-state index contributed by atoms with van der Waals surface area (Å²) in [5.41, 5.74) is 0. The van der Waals surface area contributed by atoms with Gasteiger partial charge in [-0.25, -0.2) is 0 Å². The van der Waals surface area contributed by atoms with Gasteiger partial charge in [-0.2, -0.15) is 60.5 Å². The zero-order valence-electron chi connectivity index (χ0n) is 10.9. The minimum Gasteiger partial charge on any atom is -0.175 e. The fourth-order valence-electron chi connectivity index (χ4n) is 1.23. The molecule has 0 spiro atoms. The Kier molecular flexibility index (Phi) is 15.6. The second-order valence-electron chi connectivity index (χ2n) is 3.82. The molecule has 0 heterocycles. The number of thiol groups is 2. The molecular formula is C12H26S5. The molecule has 0 fully saturated rings. The zero-order valence-corrected chi connectivity index (χ0v) is 15.2. The quantitative estimate of drug-likeness (QED) is 0.397. The van der Waals surface area contributed by atoms with Crippen LogP contribution >= 0.6 is 60.5 Å². The molecule has 0 rings (SSSR count). The van der Waals surface area contributed by atoms with E-state index in [1.54, 1.807) is 0 Å². The van der Waals surface area contributed by atoms with Gasteiger partial charge >= 0.3 is 0 Å². The van der Waals surface area contributed by atoms with E-state index in [0.29, 0.717) is 10.5 Å². The topological polar surface area (TPSA) is 0 Å². The van der Waals surface area contributed by atoms with Gasteiger partial charge in [-0.15, -0.1) is 0 Å². The normalized spacial score (nSPS) is 14.8. The fourth-order valence-corrected chi connectivity index (χ4v) is 4.97. The maximum absolute atomic E-state index is 4.63. The molecule has 0 saturated heterocycles. The Morgan fingerprint density at radius 1 is 0.765 bits per heavy atom. The van der Waals surface area contributed by atoms with Crippen LogP contribution in [0.25, 0.3) is 0 Å². The first-order chi connectivity index (χ1) is 8.20. The molecule has 17 heavy (non-hydrogen) atoms. The van der Waals surface area contributed by atoms with Gasteiger partial charge in [0.25, 0.3) is 0 Å². The molecule has 2 atom stereocenters. The molecule has 0 bridgehead atoms. The van der Waals surface area contributed by atoms with Crippen molar-refractivity contribution >= 4 is 60.5 Å². The Morgan fingerprint density at radius 3 is 1.53 bits per heavy atom. The van der Waals surface area contributed by atoms with Crippen LogP contribution in [0.2, 0.25) is 0 Å². The van der Waals surface area contributed by atoms with Crippen molar-refractivity contribution in [3.8, 4) is 0 Å². The van der Waals surface area contributed by atoms with Gasteiger partial charge in [0, 0.05) is 22.0 Å². The molecule has 0 N–H and O–H groups in total. The summed E-state index contributed by atoms with van der Waals surface area (Å²) in [6.07, 6.45) is 2.47. The molecule has 104 valence electrons. The smallest absolute Gasteiger partial charge is 0.0115 e. The highest BCUT2D eigenvalue weighted by molar-refractivity contribution is 8.01. The van der Waals surface area contributed by atoms with Crippen molar-refractivity contribution < 1.29 is 0 Å². The molecule has 0 aromatic heterocycles. The molecule has 0 amide bonds. The van der Waals surface area contributed by atoms with Gasteiger partial charge in [0.2, 0.25) is 0 Å². The standard InChI is InChI=1S/C12H26S5/c1-3-15-7-5-11(13)9-17-10-12(14)6-8-16-4-2/h11-14H,3-10H2,1-2H3. The van der Waals surface area contributed by atoms with E-state index in [1.807, 2.05) is 35.3 Å². The van der Waals surface area contributed by atoms with Crippen LogP contribution in [-0.2, 0) is 0 Å². The fraction of sp³-hybridized carbons (Fsp3) is 1.00. The monoisotopic (exact) mass is 330 g/mol. The average molecular weight is 331 g/mol. The Bertz CT molecular complexity index is 138. The van der Waals surface area contributed by atoms with Crippen molar-refractivity contribution in [3.05, 3.63) is 0 Å². The first-order valence-electron chi connectivity index (χ1n) is 6.30. The summed E-state index contributed by atoms with van der Waals surface area (Å²) in [6.45, 7) is 4.43. The number of thioether (sulfide) groups is 3. The molecule has 0 aliphatic heterocycles. The Hall–Kier alpha value is 1.75. The minimum absolute atomic E-state index is 0.560. The zero-order chi connectivity index (χ0) is 12.9. The van der Waals surface area contributed by atoms with Crippen LogP contribution in [0.1, 0.15) is 26.7 Å². The summed E-state index contributed by atoms with van der Waals surface area (Å²) < 4.78 is 0. The highest BCUT2D eigenvalue weighted by Gasteiger charge is 2.06. The van der Waals surface area contributed by atoms with Gasteiger partial charge in [0.15, 0.2) is 0 Å². The first kappa shape index (κ1) is 18.8. The van der Waals surface area contributed by atoms with Crippen molar-refractivity contribution in [2.45, 2.75) is 37.2 Å². The summed E-state index contributed by atoms with van der Waals surface area (Å²) in [4.78, 5) is 0. The summed E-state index contributed by atoms with van der Waals surface area (Å²) in [5, 5.41) is 1.12. The highest BCUT2D eigenvalue weighted by Crippen LogP contribution is 2.18. The lowest BCUT2D eigenvalue weighted by atomic mass is 10.4. The van der Waals surface area contributed by atoms with Crippen LogP contribution in [0.3, 0.4) is 0 Å². The third-order valence-corrected chi connectivity index (χ3v) is 6.74. The maximum atomic E-state index is 4.63. The summed E-state index contributed by atoms with van der Waals surface area (Å²) >= 11 is 15.3. The molecule has 0 saturated carbocycles. The SMILES string of the molecule is CCSCCC(S)CSCC(S)CCSCC. The predicted molar refractivity (Wildman–Crippen MR) is 98.1 cm³/mol. The number of rotatable bonds is 12. The Morgan fingerprint density at radius 2 is 1.18 bits per heavy atom. The largest absolute Gasteiger partial charge is 0.175 e. The summed E-state index contributed by atoms with van der Waals surface area (Å²) in [7, 11) is 0. The van der Waals surface area contributed by atoms with Gasteiger partial charge < -0.3 is 0 Å². The predicted octanol–water partition coefficient (Wildman–Crippen LogP) is 4.60. The lowest BCUT2D eigenvalue weighted by Gasteiger charge is -2.13. The van der Waals surface area contributed by atoms with E-state index in [1.165, 1.54) is 47.4 Å². The second kappa shape index (κ2) is 14.2. The third-order valence-electron chi connectivity index (χ3n) is 2.22. The van der Waals surface area contributed by atoms with Crippen LogP contribution in [-0.4, -0.2) is 45.0 Å². The summed E-state index contributed by atoms with van der Waals surface area (Å²) in [5.74, 6) is 7.30. The lowest BCUT2D eigenvalue weighted by Crippen LogP contribution is -2.09. The molecule has 0 aliphatic carbocycles. The number of hydrogen-bond acceptors (Lipinski definition) is 5. The Balaban J connectivity index is 3.29. The van der Waals surface area contributed by atoms with E-state index in [0.717, 1.165) is 0 Å². The van der Waals surface area contributed by atoms with Crippen LogP contribution in [0, 0.1) is 0 Å². The van der Waals surface area contributed by atoms with Gasteiger partial charge in [0.1, 0.15) is 0 Å². The molecule has 0 nitrogen and oxygen atoms in total. The average Bonchev–Trinajstić information content (AvgIpc) is 2.30. The molecule has 0 radical (unpaired) electrons. The van der Waals surface area contributed by atoms with Crippen LogP contribution in [0.5, 0.6) is 0 Å². The van der Waals surface area contributed by atoms with Crippen molar-refractivity contribution in [2.75, 3.05) is 34.5 Å². The van der Waals surface area contributed by atoms with Gasteiger partial charge in [-0.05, 0) is 35.9 Å². The third kappa shape index (κ3) is 14.0. The molecule has 5 heteroatoms. The first-order valence-corrected chi connectivity index (χ1v) is 10.8. The van der Waals surface area contributed by atoms with Crippen molar-refractivity contribution in [1.29, 1.82) is 0 Å².